The maximum atomic E-state index is 12.6. The average molecular weight is 373 g/mol. The van der Waals surface area contributed by atoms with Gasteiger partial charge in [0.05, 0.1) is 24.2 Å². The van der Waals surface area contributed by atoms with Gasteiger partial charge >= 0.3 is 0 Å². The molecule has 138 valence electrons. The molecular formula is C21H25ClN2O2. The molecule has 1 fully saturated rings. The predicted octanol–water partition coefficient (Wildman–Crippen LogP) is 3.86. The third-order valence-electron chi connectivity index (χ3n) is 4.86. The molecule has 0 unspecified atom stereocenters. The number of benzene rings is 2. The monoisotopic (exact) mass is 372 g/mol. The number of anilines is 1. The van der Waals surface area contributed by atoms with Crippen LogP contribution in [0.5, 0.6) is 5.75 Å². The summed E-state index contributed by atoms with van der Waals surface area (Å²) in [6.45, 7) is 7.20. The van der Waals surface area contributed by atoms with Gasteiger partial charge in [-0.3, -0.25) is 4.79 Å². The number of carbonyl (C=O) groups is 1. The lowest BCUT2D eigenvalue weighted by molar-refractivity contribution is -0.130. The second kappa shape index (κ2) is 8.00. The first-order valence-corrected chi connectivity index (χ1v) is 9.28. The van der Waals surface area contributed by atoms with Crippen molar-refractivity contribution in [3.63, 3.8) is 0 Å². The Hall–Kier alpha value is -2.20. The Bertz CT molecular complexity index is 758. The van der Waals surface area contributed by atoms with Crippen molar-refractivity contribution in [1.82, 2.24) is 4.90 Å². The Morgan fingerprint density at radius 1 is 1.08 bits per heavy atom. The second-order valence-electron chi connectivity index (χ2n) is 6.80. The molecule has 26 heavy (non-hydrogen) atoms. The Labute approximate surface area is 160 Å². The SMILES string of the molecule is COc1ccc(CC(=O)N2CCN(c3c(C)cc(C)cc3Cl)CC2)cc1. The van der Waals surface area contributed by atoms with Crippen LogP contribution in [0, 0.1) is 13.8 Å². The van der Waals surface area contributed by atoms with Gasteiger partial charge in [-0.05, 0) is 48.7 Å². The van der Waals surface area contributed by atoms with Gasteiger partial charge in [0.2, 0.25) is 5.91 Å². The number of nitrogens with zero attached hydrogens (tertiary/aromatic N) is 2. The smallest absolute Gasteiger partial charge is 0.227 e. The first-order chi connectivity index (χ1) is 12.5. The molecule has 0 bridgehead atoms. The third-order valence-corrected chi connectivity index (χ3v) is 5.15. The molecule has 0 N–H and O–H groups in total. The minimum Gasteiger partial charge on any atom is -0.497 e. The summed E-state index contributed by atoms with van der Waals surface area (Å²) < 4.78 is 5.16. The lowest BCUT2D eigenvalue weighted by Gasteiger charge is -2.37. The molecule has 1 saturated heterocycles. The summed E-state index contributed by atoms with van der Waals surface area (Å²) in [6, 6.07) is 11.8. The molecule has 3 rings (SSSR count). The highest BCUT2D eigenvalue weighted by Gasteiger charge is 2.23. The lowest BCUT2D eigenvalue weighted by Crippen LogP contribution is -2.49. The first-order valence-electron chi connectivity index (χ1n) is 8.90. The number of halogens is 1. The number of rotatable bonds is 4. The predicted molar refractivity (Wildman–Crippen MR) is 106 cm³/mol. The Morgan fingerprint density at radius 2 is 1.73 bits per heavy atom. The summed E-state index contributed by atoms with van der Waals surface area (Å²) in [5, 5.41) is 0.792. The van der Waals surface area contributed by atoms with E-state index in [2.05, 4.69) is 24.8 Å². The molecule has 0 radical (unpaired) electrons. The Morgan fingerprint density at radius 3 is 2.31 bits per heavy atom. The van der Waals surface area contributed by atoms with Crippen molar-refractivity contribution < 1.29 is 9.53 Å². The number of aryl methyl sites for hydroxylation is 2. The van der Waals surface area contributed by atoms with Crippen LogP contribution >= 0.6 is 11.6 Å². The van der Waals surface area contributed by atoms with Gasteiger partial charge in [0, 0.05) is 26.2 Å². The highest BCUT2D eigenvalue weighted by Crippen LogP contribution is 2.31. The van der Waals surface area contributed by atoms with Gasteiger partial charge in [-0.25, -0.2) is 0 Å². The standard InChI is InChI=1S/C21H25ClN2O2/c1-15-12-16(2)21(19(22)13-15)24-10-8-23(9-11-24)20(25)14-17-4-6-18(26-3)7-5-17/h4-7,12-13H,8-11,14H2,1-3H3. The number of hydrogen-bond donors (Lipinski definition) is 0. The summed E-state index contributed by atoms with van der Waals surface area (Å²) in [4.78, 5) is 16.8. The van der Waals surface area contributed by atoms with Crippen LogP contribution in [0.4, 0.5) is 5.69 Å². The molecule has 2 aromatic carbocycles. The normalized spacial score (nSPS) is 14.5. The summed E-state index contributed by atoms with van der Waals surface area (Å²) in [5.41, 5.74) is 4.47. The van der Waals surface area contributed by atoms with Crippen molar-refractivity contribution in [2.75, 3.05) is 38.2 Å². The summed E-state index contributed by atoms with van der Waals surface area (Å²) in [6.07, 6.45) is 0.425. The number of methoxy groups -OCH3 is 1. The fourth-order valence-electron chi connectivity index (χ4n) is 3.52. The van der Waals surface area contributed by atoms with Crippen molar-refractivity contribution in [3.8, 4) is 5.75 Å². The quantitative estimate of drug-likeness (QED) is 0.817. The zero-order chi connectivity index (χ0) is 18.7. The number of ether oxygens (including phenoxy) is 1. The minimum absolute atomic E-state index is 0.168. The zero-order valence-electron chi connectivity index (χ0n) is 15.6. The highest BCUT2D eigenvalue weighted by atomic mass is 35.5. The zero-order valence-corrected chi connectivity index (χ0v) is 16.3. The van der Waals surface area contributed by atoms with E-state index in [1.165, 1.54) is 11.1 Å². The van der Waals surface area contributed by atoms with Gasteiger partial charge in [-0.2, -0.15) is 0 Å². The van der Waals surface area contributed by atoms with E-state index in [0.717, 1.165) is 48.2 Å². The van der Waals surface area contributed by atoms with Crippen LogP contribution in [0.15, 0.2) is 36.4 Å². The molecule has 1 heterocycles. The van der Waals surface area contributed by atoms with Crippen LogP contribution in [0.3, 0.4) is 0 Å². The molecule has 0 aromatic heterocycles. The summed E-state index contributed by atoms with van der Waals surface area (Å²) >= 11 is 6.47. The van der Waals surface area contributed by atoms with E-state index < -0.39 is 0 Å². The van der Waals surface area contributed by atoms with Gasteiger partial charge < -0.3 is 14.5 Å². The van der Waals surface area contributed by atoms with Crippen molar-refractivity contribution in [2.24, 2.45) is 0 Å². The molecule has 2 aromatic rings. The van der Waals surface area contributed by atoms with E-state index in [-0.39, 0.29) is 5.91 Å². The van der Waals surface area contributed by atoms with Gasteiger partial charge in [0.15, 0.2) is 0 Å². The van der Waals surface area contributed by atoms with Gasteiger partial charge in [-0.1, -0.05) is 29.8 Å². The third kappa shape index (κ3) is 4.13. The molecule has 1 aliphatic heterocycles. The molecule has 0 atom stereocenters. The van der Waals surface area contributed by atoms with Crippen molar-refractivity contribution in [1.29, 1.82) is 0 Å². The van der Waals surface area contributed by atoms with Gasteiger partial charge in [0.25, 0.3) is 0 Å². The number of carbonyl (C=O) groups excluding carboxylic acids is 1. The number of hydrogen-bond acceptors (Lipinski definition) is 3. The van der Waals surface area contributed by atoms with E-state index in [9.17, 15) is 4.79 Å². The van der Waals surface area contributed by atoms with Gasteiger partial charge in [0.1, 0.15) is 5.75 Å². The highest BCUT2D eigenvalue weighted by molar-refractivity contribution is 6.33. The van der Waals surface area contributed by atoms with Crippen LogP contribution in [0.25, 0.3) is 0 Å². The maximum absolute atomic E-state index is 12.6. The van der Waals surface area contributed by atoms with E-state index in [0.29, 0.717) is 6.42 Å². The molecule has 0 aliphatic carbocycles. The van der Waals surface area contributed by atoms with Crippen LogP contribution in [-0.4, -0.2) is 44.1 Å². The molecular weight excluding hydrogens is 348 g/mol. The molecule has 5 heteroatoms. The van der Waals surface area contributed by atoms with Crippen LogP contribution in [0.2, 0.25) is 5.02 Å². The fourth-order valence-corrected chi connectivity index (χ4v) is 3.96. The van der Waals surface area contributed by atoms with E-state index >= 15 is 0 Å². The topological polar surface area (TPSA) is 32.8 Å². The van der Waals surface area contributed by atoms with E-state index in [1.54, 1.807) is 7.11 Å². The fraction of sp³-hybridized carbons (Fsp3) is 0.381. The Balaban J connectivity index is 1.60. The van der Waals surface area contributed by atoms with Crippen molar-refractivity contribution in [2.45, 2.75) is 20.3 Å². The largest absolute Gasteiger partial charge is 0.497 e. The maximum Gasteiger partial charge on any atom is 0.227 e. The molecule has 1 amide bonds. The molecule has 0 spiro atoms. The van der Waals surface area contributed by atoms with Crippen LogP contribution in [0.1, 0.15) is 16.7 Å². The molecule has 0 saturated carbocycles. The summed E-state index contributed by atoms with van der Waals surface area (Å²) in [5.74, 6) is 0.974. The average Bonchev–Trinajstić information content (AvgIpc) is 2.62. The van der Waals surface area contributed by atoms with Crippen LogP contribution in [-0.2, 0) is 11.2 Å². The number of piperazine rings is 1. The van der Waals surface area contributed by atoms with Crippen molar-refractivity contribution >= 4 is 23.2 Å². The lowest BCUT2D eigenvalue weighted by atomic mass is 10.1. The van der Waals surface area contributed by atoms with Crippen molar-refractivity contribution in [3.05, 3.63) is 58.1 Å². The number of amides is 1. The van der Waals surface area contributed by atoms with E-state index in [4.69, 9.17) is 16.3 Å². The second-order valence-corrected chi connectivity index (χ2v) is 7.21. The van der Waals surface area contributed by atoms with Gasteiger partial charge in [-0.15, -0.1) is 0 Å². The molecule has 1 aliphatic rings. The molecule has 4 nitrogen and oxygen atoms in total. The Kier molecular flexibility index (Phi) is 5.72. The summed E-state index contributed by atoms with van der Waals surface area (Å²) in [7, 11) is 1.64. The van der Waals surface area contributed by atoms with E-state index in [1.807, 2.05) is 35.2 Å². The first kappa shape index (κ1) is 18.6. The minimum atomic E-state index is 0.168. The van der Waals surface area contributed by atoms with Crippen LogP contribution < -0.4 is 9.64 Å².